The summed E-state index contributed by atoms with van der Waals surface area (Å²) in [6, 6.07) is 16.1. The highest BCUT2D eigenvalue weighted by Crippen LogP contribution is 2.25. The number of pyridine rings is 1. The van der Waals surface area contributed by atoms with Gasteiger partial charge in [0.2, 0.25) is 0 Å². The zero-order chi connectivity index (χ0) is 15.1. The van der Waals surface area contributed by atoms with E-state index in [-0.39, 0.29) is 0 Å². The van der Waals surface area contributed by atoms with Crippen LogP contribution in [0.1, 0.15) is 11.4 Å². The van der Waals surface area contributed by atoms with Gasteiger partial charge < -0.3 is 4.57 Å². The Balaban J connectivity index is 1.94. The highest BCUT2D eigenvalue weighted by Gasteiger charge is 2.11. The molecule has 22 heavy (non-hydrogen) atoms. The first-order chi connectivity index (χ1) is 10.7. The van der Waals surface area contributed by atoms with Crippen molar-refractivity contribution < 1.29 is 0 Å². The molecule has 0 amide bonds. The molecule has 2 aromatic carbocycles. The number of aryl methyl sites for hydroxylation is 1. The van der Waals surface area contributed by atoms with E-state index in [0.29, 0.717) is 0 Å². The Bertz CT molecular complexity index is 971. The zero-order valence-corrected chi connectivity index (χ0v) is 12.9. The van der Waals surface area contributed by atoms with Crippen LogP contribution in [-0.2, 0) is 6.54 Å². The van der Waals surface area contributed by atoms with Crippen LogP contribution in [0.2, 0.25) is 5.02 Å². The SMILES string of the molecule is Cc1nc2cnc3ccccc3c2n1Cc1ccc(Cl)cc1. The van der Waals surface area contributed by atoms with Gasteiger partial charge in [-0.05, 0) is 30.7 Å². The number of fused-ring (bicyclic) bond motifs is 3. The Morgan fingerprint density at radius 2 is 1.77 bits per heavy atom. The van der Waals surface area contributed by atoms with Crippen molar-refractivity contribution in [3.05, 3.63) is 71.1 Å². The average Bonchev–Trinajstić information content (AvgIpc) is 2.86. The van der Waals surface area contributed by atoms with Crippen LogP contribution in [-0.4, -0.2) is 14.5 Å². The largest absolute Gasteiger partial charge is 0.323 e. The normalized spacial score (nSPS) is 11.4. The second-order valence-corrected chi connectivity index (χ2v) is 5.82. The number of halogens is 1. The predicted molar refractivity (Wildman–Crippen MR) is 90.3 cm³/mol. The van der Waals surface area contributed by atoms with Crippen molar-refractivity contribution >= 4 is 33.5 Å². The summed E-state index contributed by atoms with van der Waals surface area (Å²) in [4.78, 5) is 9.14. The minimum absolute atomic E-state index is 0.755. The Kier molecular flexibility index (Phi) is 3.09. The van der Waals surface area contributed by atoms with Gasteiger partial charge >= 0.3 is 0 Å². The molecule has 4 rings (SSSR count). The first-order valence-electron chi connectivity index (χ1n) is 7.17. The molecule has 0 fully saturated rings. The van der Waals surface area contributed by atoms with Gasteiger partial charge in [0.05, 0.1) is 17.2 Å². The minimum Gasteiger partial charge on any atom is -0.323 e. The Labute approximate surface area is 133 Å². The molecule has 0 saturated heterocycles. The monoisotopic (exact) mass is 307 g/mol. The van der Waals surface area contributed by atoms with Crippen molar-refractivity contribution in [2.75, 3.05) is 0 Å². The van der Waals surface area contributed by atoms with Crippen molar-refractivity contribution in [2.45, 2.75) is 13.5 Å². The fraction of sp³-hybridized carbons (Fsp3) is 0.111. The fourth-order valence-electron chi connectivity index (χ4n) is 2.84. The summed E-state index contributed by atoms with van der Waals surface area (Å²) in [5, 5.41) is 1.89. The molecule has 0 bridgehead atoms. The molecular formula is C18H14ClN3. The highest BCUT2D eigenvalue weighted by molar-refractivity contribution is 6.30. The third-order valence-corrected chi connectivity index (χ3v) is 4.18. The van der Waals surface area contributed by atoms with Crippen molar-refractivity contribution in [3.63, 3.8) is 0 Å². The molecule has 0 unspecified atom stereocenters. The molecule has 0 aliphatic carbocycles. The van der Waals surface area contributed by atoms with E-state index in [4.69, 9.17) is 11.6 Å². The third kappa shape index (κ3) is 2.14. The van der Waals surface area contributed by atoms with Crippen LogP contribution >= 0.6 is 11.6 Å². The summed E-state index contributed by atoms with van der Waals surface area (Å²) in [7, 11) is 0. The number of para-hydroxylation sites is 1. The van der Waals surface area contributed by atoms with Crippen molar-refractivity contribution in [2.24, 2.45) is 0 Å². The Morgan fingerprint density at radius 1 is 1.00 bits per heavy atom. The van der Waals surface area contributed by atoms with Crippen LogP contribution in [0.15, 0.2) is 54.7 Å². The quantitative estimate of drug-likeness (QED) is 0.542. The van der Waals surface area contributed by atoms with E-state index in [2.05, 4.69) is 32.7 Å². The molecule has 0 aliphatic heterocycles. The van der Waals surface area contributed by atoms with E-state index < -0.39 is 0 Å². The lowest BCUT2D eigenvalue weighted by Crippen LogP contribution is -2.02. The van der Waals surface area contributed by atoms with Crippen molar-refractivity contribution in [1.82, 2.24) is 14.5 Å². The molecule has 0 radical (unpaired) electrons. The van der Waals surface area contributed by atoms with Gasteiger partial charge in [0, 0.05) is 17.0 Å². The minimum atomic E-state index is 0.755. The average molecular weight is 308 g/mol. The molecule has 0 spiro atoms. The maximum absolute atomic E-state index is 5.97. The number of imidazole rings is 1. The number of rotatable bonds is 2. The molecule has 0 atom stereocenters. The smallest absolute Gasteiger partial charge is 0.108 e. The highest BCUT2D eigenvalue weighted by atomic mass is 35.5. The molecule has 4 heteroatoms. The lowest BCUT2D eigenvalue weighted by Gasteiger charge is -2.09. The van der Waals surface area contributed by atoms with Crippen LogP contribution in [0, 0.1) is 6.92 Å². The molecule has 108 valence electrons. The van der Waals surface area contributed by atoms with Crippen LogP contribution < -0.4 is 0 Å². The van der Waals surface area contributed by atoms with Crippen LogP contribution in [0.25, 0.3) is 21.9 Å². The topological polar surface area (TPSA) is 30.7 Å². The van der Waals surface area contributed by atoms with Crippen LogP contribution in [0.4, 0.5) is 0 Å². The van der Waals surface area contributed by atoms with Gasteiger partial charge in [-0.25, -0.2) is 4.98 Å². The maximum Gasteiger partial charge on any atom is 0.108 e. The number of benzene rings is 2. The standard InChI is InChI=1S/C18H14ClN3/c1-12-21-17-10-20-16-5-3-2-4-15(16)18(17)22(12)11-13-6-8-14(19)9-7-13/h2-10H,11H2,1H3. The first kappa shape index (κ1) is 13.3. The van der Waals surface area contributed by atoms with Gasteiger partial charge in [0.1, 0.15) is 11.3 Å². The number of aromatic nitrogens is 3. The molecule has 0 N–H and O–H groups in total. The predicted octanol–water partition coefficient (Wildman–Crippen LogP) is 4.59. The van der Waals surface area contributed by atoms with Crippen LogP contribution in [0.5, 0.6) is 0 Å². The molecule has 0 saturated carbocycles. The fourth-order valence-corrected chi connectivity index (χ4v) is 2.97. The summed E-state index contributed by atoms with van der Waals surface area (Å²) < 4.78 is 2.24. The van der Waals surface area contributed by atoms with Gasteiger partial charge in [0.25, 0.3) is 0 Å². The number of hydrogen-bond acceptors (Lipinski definition) is 2. The third-order valence-electron chi connectivity index (χ3n) is 3.92. The van der Waals surface area contributed by atoms with Gasteiger partial charge in [-0.15, -0.1) is 0 Å². The number of nitrogens with zero attached hydrogens (tertiary/aromatic N) is 3. The Hall–Kier alpha value is -2.39. The van der Waals surface area contributed by atoms with Gasteiger partial charge in [0.15, 0.2) is 0 Å². The second kappa shape index (κ2) is 5.11. The maximum atomic E-state index is 5.97. The lowest BCUT2D eigenvalue weighted by molar-refractivity contribution is 0.788. The molecule has 3 nitrogen and oxygen atoms in total. The molecule has 4 aromatic rings. The van der Waals surface area contributed by atoms with Crippen molar-refractivity contribution in [1.29, 1.82) is 0 Å². The Morgan fingerprint density at radius 3 is 2.59 bits per heavy atom. The van der Waals surface area contributed by atoms with E-state index in [1.165, 1.54) is 5.56 Å². The van der Waals surface area contributed by atoms with Gasteiger partial charge in [-0.1, -0.05) is 41.9 Å². The lowest BCUT2D eigenvalue weighted by atomic mass is 10.2. The van der Waals surface area contributed by atoms with Gasteiger partial charge in [-0.2, -0.15) is 0 Å². The summed E-state index contributed by atoms with van der Waals surface area (Å²) in [6.07, 6.45) is 1.85. The van der Waals surface area contributed by atoms with E-state index in [1.807, 2.05) is 43.5 Å². The van der Waals surface area contributed by atoms with E-state index in [0.717, 1.165) is 39.3 Å². The van der Waals surface area contributed by atoms with Crippen LogP contribution in [0.3, 0.4) is 0 Å². The summed E-state index contributed by atoms with van der Waals surface area (Å²) in [5.41, 5.74) is 4.27. The zero-order valence-electron chi connectivity index (χ0n) is 12.1. The first-order valence-corrected chi connectivity index (χ1v) is 7.55. The van der Waals surface area contributed by atoms with E-state index in [9.17, 15) is 0 Å². The van der Waals surface area contributed by atoms with Crippen molar-refractivity contribution in [3.8, 4) is 0 Å². The molecule has 2 aromatic heterocycles. The molecular weight excluding hydrogens is 294 g/mol. The van der Waals surface area contributed by atoms with E-state index >= 15 is 0 Å². The molecule has 2 heterocycles. The van der Waals surface area contributed by atoms with E-state index in [1.54, 1.807) is 0 Å². The summed E-state index contributed by atoms with van der Waals surface area (Å²) in [5.74, 6) is 0.989. The second-order valence-electron chi connectivity index (χ2n) is 5.38. The number of hydrogen-bond donors (Lipinski definition) is 0. The summed E-state index contributed by atoms with van der Waals surface area (Å²) >= 11 is 5.97. The molecule has 0 aliphatic rings. The van der Waals surface area contributed by atoms with Gasteiger partial charge in [-0.3, -0.25) is 4.98 Å². The summed E-state index contributed by atoms with van der Waals surface area (Å²) in [6.45, 7) is 2.80.